The monoisotopic (exact) mass is 396 g/mol. The molecule has 0 spiro atoms. The smallest absolute Gasteiger partial charge is 0.437 e. The number of aliphatic hydroxyl groups is 1. The summed E-state index contributed by atoms with van der Waals surface area (Å²) in [7, 11) is 0. The van der Waals surface area contributed by atoms with Crippen LogP contribution in [0.2, 0.25) is 0 Å². The van der Waals surface area contributed by atoms with Crippen LogP contribution in [-0.4, -0.2) is 33.0 Å². The van der Waals surface area contributed by atoms with Gasteiger partial charge in [0.1, 0.15) is 11.7 Å². The first-order valence-corrected chi connectivity index (χ1v) is 8.30. The van der Waals surface area contributed by atoms with Gasteiger partial charge in [0.15, 0.2) is 10.9 Å². The highest BCUT2D eigenvalue weighted by atomic mass is 32.1. The molecule has 0 unspecified atom stereocenters. The minimum absolute atomic E-state index is 0.00625. The Labute approximate surface area is 157 Å². The third-order valence-electron chi connectivity index (χ3n) is 4.38. The van der Waals surface area contributed by atoms with E-state index in [2.05, 4.69) is 5.32 Å². The maximum atomic E-state index is 13.8. The van der Waals surface area contributed by atoms with Crippen LogP contribution in [0.1, 0.15) is 22.0 Å². The fourth-order valence-corrected chi connectivity index (χ4v) is 3.40. The predicted octanol–water partition coefficient (Wildman–Crippen LogP) is 2.66. The molecule has 1 heterocycles. The normalized spacial score (nSPS) is 25.4. The summed E-state index contributed by atoms with van der Waals surface area (Å²) in [6.07, 6.45) is -5.19. The zero-order valence-electron chi connectivity index (χ0n) is 13.7. The number of carbonyl (C=O) groups excluding carboxylic acids is 1. The van der Waals surface area contributed by atoms with Gasteiger partial charge < -0.3 is 20.8 Å². The molecule has 0 amide bonds. The number of Topliss-reactive ketones (excluding diaryl/α,β-unsaturated/α-hetero) is 1. The van der Waals surface area contributed by atoms with Crippen LogP contribution in [0.3, 0.4) is 0 Å². The second kappa shape index (κ2) is 6.82. The Hall–Kier alpha value is -2.65. The van der Waals surface area contributed by atoms with Gasteiger partial charge in [0.2, 0.25) is 5.72 Å². The van der Waals surface area contributed by atoms with Crippen LogP contribution in [0, 0.1) is 5.92 Å². The third kappa shape index (κ3) is 3.47. The van der Waals surface area contributed by atoms with E-state index < -0.39 is 34.8 Å². The average Bonchev–Trinajstić information content (AvgIpc) is 2.60. The molecule has 4 N–H and O–H groups in total. The number of thiocarbonyl (C=S) groups is 1. The molecule has 1 fully saturated rings. The Balaban J connectivity index is 2.17. The SMILES string of the molecule is O=C(c1ccccc1)[C@@H]1[C@@H](c2cccc(O)c2)NC(=S)N[C@@]1(O)C(F)(F)F. The van der Waals surface area contributed by atoms with Crippen molar-refractivity contribution in [3.63, 3.8) is 0 Å². The van der Waals surface area contributed by atoms with E-state index in [-0.39, 0.29) is 16.9 Å². The molecule has 1 aliphatic rings. The lowest BCUT2D eigenvalue weighted by Crippen LogP contribution is -2.72. The van der Waals surface area contributed by atoms with Gasteiger partial charge in [-0.3, -0.25) is 4.79 Å². The molecule has 0 saturated carbocycles. The van der Waals surface area contributed by atoms with Gasteiger partial charge in [-0.2, -0.15) is 13.2 Å². The Kier molecular flexibility index (Phi) is 4.83. The van der Waals surface area contributed by atoms with Gasteiger partial charge in [-0.15, -0.1) is 0 Å². The van der Waals surface area contributed by atoms with Crippen molar-refractivity contribution >= 4 is 23.1 Å². The molecule has 2 aromatic rings. The van der Waals surface area contributed by atoms with Gasteiger partial charge in [-0.1, -0.05) is 42.5 Å². The Morgan fingerprint density at radius 3 is 2.37 bits per heavy atom. The topological polar surface area (TPSA) is 81.6 Å². The van der Waals surface area contributed by atoms with Crippen LogP contribution < -0.4 is 10.6 Å². The van der Waals surface area contributed by atoms with Crippen molar-refractivity contribution in [2.45, 2.75) is 17.9 Å². The number of halogens is 3. The van der Waals surface area contributed by atoms with E-state index in [1.54, 1.807) is 6.07 Å². The van der Waals surface area contributed by atoms with Gasteiger partial charge in [0.05, 0.1) is 6.04 Å². The highest BCUT2D eigenvalue weighted by molar-refractivity contribution is 7.80. The quantitative estimate of drug-likeness (QED) is 0.472. The molecule has 0 aromatic heterocycles. The summed E-state index contributed by atoms with van der Waals surface area (Å²) in [5.74, 6) is -3.11. The molecule has 1 saturated heterocycles. The van der Waals surface area contributed by atoms with Crippen LogP contribution in [0.25, 0.3) is 0 Å². The summed E-state index contributed by atoms with van der Waals surface area (Å²) in [5.41, 5.74) is -3.40. The molecule has 1 aliphatic heterocycles. The highest BCUT2D eigenvalue weighted by Gasteiger charge is 2.65. The maximum Gasteiger partial charge on any atom is 0.437 e. The van der Waals surface area contributed by atoms with Crippen molar-refractivity contribution in [2.24, 2.45) is 5.92 Å². The summed E-state index contributed by atoms with van der Waals surface area (Å²) in [6, 6.07) is 11.5. The predicted molar refractivity (Wildman–Crippen MR) is 95.0 cm³/mol. The highest BCUT2D eigenvalue weighted by Crippen LogP contribution is 2.44. The summed E-state index contributed by atoms with van der Waals surface area (Å²) < 4.78 is 41.4. The van der Waals surface area contributed by atoms with Crippen LogP contribution in [0.4, 0.5) is 13.2 Å². The number of alkyl halides is 3. The van der Waals surface area contributed by atoms with Crippen LogP contribution in [0.5, 0.6) is 5.75 Å². The van der Waals surface area contributed by atoms with E-state index in [1.807, 2.05) is 5.32 Å². The number of carbonyl (C=O) groups is 1. The molecule has 3 rings (SSSR count). The van der Waals surface area contributed by atoms with Crippen LogP contribution in [0.15, 0.2) is 54.6 Å². The number of hydrogen-bond donors (Lipinski definition) is 4. The van der Waals surface area contributed by atoms with Crippen molar-refractivity contribution in [2.75, 3.05) is 0 Å². The number of aromatic hydroxyl groups is 1. The van der Waals surface area contributed by atoms with Crippen LogP contribution >= 0.6 is 12.2 Å². The molecule has 142 valence electrons. The van der Waals surface area contributed by atoms with Crippen molar-refractivity contribution < 1.29 is 28.2 Å². The summed E-state index contributed by atoms with van der Waals surface area (Å²) in [6.45, 7) is 0. The van der Waals surface area contributed by atoms with Gasteiger partial charge in [0, 0.05) is 5.56 Å². The molecular weight excluding hydrogens is 381 g/mol. The molecule has 0 bridgehead atoms. The van der Waals surface area contributed by atoms with E-state index in [0.29, 0.717) is 0 Å². The number of phenols is 1. The molecule has 9 heteroatoms. The zero-order chi connectivity index (χ0) is 19.8. The standard InChI is InChI=1S/C18H15F3N2O3S/c19-18(20,21)17(26)13(15(25)10-5-2-1-3-6-10)14(22-16(27)23-17)11-7-4-8-12(24)9-11/h1-9,13-14,24,26H,(H2,22,23,27)/t13-,14+,17-/m0/s1. The minimum atomic E-state index is -5.19. The van der Waals surface area contributed by atoms with Crippen molar-refractivity contribution in [3.8, 4) is 5.75 Å². The molecule has 27 heavy (non-hydrogen) atoms. The van der Waals surface area contributed by atoms with Gasteiger partial charge in [-0.05, 0) is 29.9 Å². The Morgan fingerprint density at radius 1 is 1.11 bits per heavy atom. The third-order valence-corrected chi connectivity index (χ3v) is 4.60. The van der Waals surface area contributed by atoms with E-state index in [0.717, 1.165) is 0 Å². The molecule has 5 nitrogen and oxygen atoms in total. The van der Waals surface area contributed by atoms with Gasteiger partial charge in [-0.25, -0.2) is 0 Å². The number of benzene rings is 2. The number of ketones is 1. The second-order valence-corrected chi connectivity index (χ2v) is 6.55. The lowest BCUT2D eigenvalue weighted by molar-refractivity contribution is -0.285. The second-order valence-electron chi connectivity index (χ2n) is 6.14. The number of phenolic OH excluding ortho intramolecular Hbond substituents is 1. The first-order valence-electron chi connectivity index (χ1n) is 7.89. The van der Waals surface area contributed by atoms with Crippen molar-refractivity contribution in [1.29, 1.82) is 0 Å². The average molecular weight is 396 g/mol. The molecule has 3 atom stereocenters. The van der Waals surface area contributed by atoms with Crippen LogP contribution in [-0.2, 0) is 0 Å². The van der Waals surface area contributed by atoms with E-state index in [9.17, 15) is 28.2 Å². The minimum Gasteiger partial charge on any atom is -0.508 e. The van der Waals surface area contributed by atoms with E-state index in [1.165, 1.54) is 48.5 Å². The summed E-state index contributed by atoms with van der Waals surface area (Å²) in [5, 5.41) is 24.2. The number of hydrogen-bond acceptors (Lipinski definition) is 4. The maximum absolute atomic E-state index is 13.8. The molecule has 2 aromatic carbocycles. The largest absolute Gasteiger partial charge is 0.508 e. The number of rotatable bonds is 3. The Morgan fingerprint density at radius 2 is 1.78 bits per heavy atom. The zero-order valence-corrected chi connectivity index (χ0v) is 14.5. The summed E-state index contributed by atoms with van der Waals surface area (Å²) >= 11 is 4.83. The molecule has 0 aliphatic carbocycles. The fourth-order valence-electron chi connectivity index (χ4n) is 3.12. The van der Waals surface area contributed by atoms with E-state index in [4.69, 9.17) is 12.2 Å². The van der Waals surface area contributed by atoms with Gasteiger partial charge in [0.25, 0.3) is 0 Å². The lowest BCUT2D eigenvalue weighted by Gasteiger charge is -2.46. The number of nitrogens with one attached hydrogen (secondary N) is 2. The Bertz CT molecular complexity index is 876. The van der Waals surface area contributed by atoms with E-state index >= 15 is 0 Å². The van der Waals surface area contributed by atoms with Crippen molar-refractivity contribution in [3.05, 3.63) is 65.7 Å². The van der Waals surface area contributed by atoms with Gasteiger partial charge >= 0.3 is 6.18 Å². The first kappa shape index (κ1) is 19.1. The lowest BCUT2D eigenvalue weighted by atomic mass is 9.77. The molecular formula is C18H15F3N2O3S. The van der Waals surface area contributed by atoms with Crippen molar-refractivity contribution in [1.82, 2.24) is 10.6 Å². The summed E-state index contributed by atoms with van der Waals surface area (Å²) in [4.78, 5) is 13.0. The fraction of sp³-hybridized carbons (Fsp3) is 0.222. The first-order chi connectivity index (χ1) is 12.6. The molecule has 0 radical (unpaired) electrons.